The second-order valence-electron chi connectivity index (χ2n) is 5.12. The van der Waals surface area contributed by atoms with Crippen molar-refractivity contribution in [1.82, 2.24) is 9.55 Å². The fraction of sp³-hybridized carbons (Fsp3) is 0.167. The molecule has 0 fully saturated rings. The van der Waals surface area contributed by atoms with Gasteiger partial charge >= 0.3 is 0 Å². The lowest BCUT2D eigenvalue weighted by molar-refractivity contribution is 0.282. The van der Waals surface area contributed by atoms with E-state index in [0.717, 1.165) is 17.1 Å². The van der Waals surface area contributed by atoms with Crippen LogP contribution in [0.4, 0.5) is 0 Å². The Balaban J connectivity index is 2.01. The molecule has 1 aromatic heterocycles. The molecule has 1 atom stereocenters. The maximum absolute atomic E-state index is 9.29. The van der Waals surface area contributed by atoms with Crippen molar-refractivity contribution < 1.29 is 5.11 Å². The molecule has 0 amide bonds. The van der Waals surface area contributed by atoms with Crippen LogP contribution >= 0.6 is 0 Å². The van der Waals surface area contributed by atoms with E-state index in [1.807, 2.05) is 54.9 Å². The van der Waals surface area contributed by atoms with E-state index < -0.39 is 0 Å². The summed E-state index contributed by atoms with van der Waals surface area (Å²) in [7, 11) is 0. The van der Waals surface area contributed by atoms with Crippen LogP contribution < -0.4 is 0 Å². The maximum Gasteiger partial charge on any atom is 0.120 e. The van der Waals surface area contributed by atoms with Crippen LogP contribution in [0.2, 0.25) is 0 Å². The zero-order chi connectivity index (χ0) is 14.7. The molecular formula is C18H18N2O. The lowest BCUT2D eigenvalue weighted by atomic mass is 10.0. The molecule has 0 spiro atoms. The number of aliphatic hydroxyl groups is 1. The third kappa shape index (κ3) is 2.73. The van der Waals surface area contributed by atoms with Crippen LogP contribution in [0.5, 0.6) is 0 Å². The molecule has 3 aromatic rings. The molecule has 1 unspecified atom stereocenters. The van der Waals surface area contributed by atoms with Gasteiger partial charge < -0.3 is 9.67 Å². The highest BCUT2D eigenvalue weighted by molar-refractivity contribution is 5.38. The number of imidazole rings is 1. The lowest BCUT2D eigenvalue weighted by Crippen LogP contribution is -2.06. The number of hydrogen-bond donors (Lipinski definition) is 1. The van der Waals surface area contributed by atoms with E-state index in [-0.39, 0.29) is 12.5 Å². The third-order valence-corrected chi connectivity index (χ3v) is 3.73. The van der Waals surface area contributed by atoms with Crippen LogP contribution in [0, 0.1) is 0 Å². The van der Waals surface area contributed by atoms with Crippen molar-refractivity contribution in [2.24, 2.45) is 0 Å². The summed E-state index contributed by atoms with van der Waals surface area (Å²) in [5.41, 5.74) is 3.17. The average molecular weight is 278 g/mol. The maximum atomic E-state index is 9.29. The molecular weight excluding hydrogens is 260 g/mol. The quantitative estimate of drug-likeness (QED) is 0.793. The van der Waals surface area contributed by atoms with E-state index in [1.165, 1.54) is 5.56 Å². The minimum absolute atomic E-state index is 0.0477. The molecule has 0 saturated heterocycles. The molecule has 106 valence electrons. The second-order valence-corrected chi connectivity index (χ2v) is 5.12. The zero-order valence-corrected chi connectivity index (χ0v) is 12.0. The standard InChI is InChI=1S/C18H18N2O/c1-14(16-7-3-2-4-8-16)18-19-10-11-20(18)17-9-5-6-15(12-17)13-21/h2-12,14,21H,13H2,1H3. The predicted molar refractivity (Wildman–Crippen MR) is 83.4 cm³/mol. The first-order chi connectivity index (χ1) is 10.3. The molecule has 1 N–H and O–H groups in total. The monoisotopic (exact) mass is 278 g/mol. The number of nitrogens with zero attached hydrogens (tertiary/aromatic N) is 2. The van der Waals surface area contributed by atoms with Gasteiger partial charge in [-0.1, -0.05) is 49.4 Å². The van der Waals surface area contributed by atoms with Crippen LogP contribution in [0.15, 0.2) is 67.0 Å². The smallest absolute Gasteiger partial charge is 0.120 e. The summed E-state index contributed by atoms with van der Waals surface area (Å²) in [6.45, 7) is 2.20. The summed E-state index contributed by atoms with van der Waals surface area (Å²) in [5.74, 6) is 1.20. The van der Waals surface area contributed by atoms with Crippen LogP contribution in [0.25, 0.3) is 5.69 Å². The van der Waals surface area contributed by atoms with Gasteiger partial charge in [0.2, 0.25) is 0 Å². The van der Waals surface area contributed by atoms with Gasteiger partial charge in [0.15, 0.2) is 0 Å². The van der Waals surface area contributed by atoms with Crippen molar-refractivity contribution in [3.63, 3.8) is 0 Å². The molecule has 3 heteroatoms. The van der Waals surface area contributed by atoms with Crippen molar-refractivity contribution in [2.45, 2.75) is 19.4 Å². The van der Waals surface area contributed by atoms with Crippen molar-refractivity contribution >= 4 is 0 Å². The molecule has 0 aliphatic carbocycles. The SMILES string of the molecule is CC(c1ccccc1)c1nccn1-c1cccc(CO)c1. The molecule has 0 bridgehead atoms. The minimum atomic E-state index is 0.0477. The normalized spacial score (nSPS) is 12.3. The van der Waals surface area contributed by atoms with Gasteiger partial charge in [-0.15, -0.1) is 0 Å². The third-order valence-electron chi connectivity index (χ3n) is 3.73. The van der Waals surface area contributed by atoms with Crippen molar-refractivity contribution in [1.29, 1.82) is 0 Å². The molecule has 0 aliphatic heterocycles. The molecule has 0 saturated carbocycles. The van der Waals surface area contributed by atoms with E-state index in [1.54, 1.807) is 0 Å². The number of hydrogen-bond acceptors (Lipinski definition) is 2. The topological polar surface area (TPSA) is 38.0 Å². The predicted octanol–water partition coefficient (Wildman–Crippen LogP) is 3.52. The zero-order valence-electron chi connectivity index (χ0n) is 12.0. The van der Waals surface area contributed by atoms with Gasteiger partial charge in [0.1, 0.15) is 5.82 Å². The number of benzene rings is 2. The van der Waals surface area contributed by atoms with Gasteiger partial charge in [-0.3, -0.25) is 0 Å². The molecule has 21 heavy (non-hydrogen) atoms. The molecule has 3 nitrogen and oxygen atoms in total. The first kappa shape index (κ1) is 13.6. The Kier molecular flexibility index (Phi) is 3.84. The summed E-state index contributed by atoms with van der Waals surface area (Å²) in [5, 5.41) is 9.29. The number of rotatable bonds is 4. The fourth-order valence-electron chi connectivity index (χ4n) is 2.55. The van der Waals surface area contributed by atoms with Gasteiger partial charge in [0, 0.05) is 24.0 Å². The van der Waals surface area contributed by atoms with E-state index in [2.05, 4.69) is 28.6 Å². The molecule has 3 rings (SSSR count). The Morgan fingerprint density at radius 1 is 1.10 bits per heavy atom. The Morgan fingerprint density at radius 3 is 2.67 bits per heavy atom. The minimum Gasteiger partial charge on any atom is -0.392 e. The molecule has 0 radical (unpaired) electrons. The van der Waals surface area contributed by atoms with Gasteiger partial charge in [-0.2, -0.15) is 0 Å². The lowest BCUT2D eigenvalue weighted by Gasteiger charge is -2.15. The Labute approximate surface area is 124 Å². The van der Waals surface area contributed by atoms with Crippen LogP contribution in [0.1, 0.15) is 29.8 Å². The summed E-state index contributed by atoms with van der Waals surface area (Å²) >= 11 is 0. The Morgan fingerprint density at radius 2 is 1.90 bits per heavy atom. The van der Waals surface area contributed by atoms with Crippen molar-refractivity contribution in [3.05, 3.63) is 83.9 Å². The summed E-state index contributed by atoms with van der Waals surface area (Å²) in [6, 6.07) is 18.2. The summed E-state index contributed by atoms with van der Waals surface area (Å²) < 4.78 is 2.08. The van der Waals surface area contributed by atoms with Gasteiger partial charge in [-0.25, -0.2) is 4.98 Å². The largest absolute Gasteiger partial charge is 0.392 e. The van der Waals surface area contributed by atoms with E-state index >= 15 is 0 Å². The summed E-state index contributed by atoms with van der Waals surface area (Å²) in [4.78, 5) is 4.52. The summed E-state index contributed by atoms with van der Waals surface area (Å²) in [6.07, 6.45) is 3.78. The number of aliphatic hydroxyl groups excluding tert-OH is 1. The Hall–Kier alpha value is -2.39. The first-order valence-electron chi connectivity index (χ1n) is 7.08. The van der Waals surface area contributed by atoms with Gasteiger partial charge in [0.25, 0.3) is 0 Å². The van der Waals surface area contributed by atoms with Crippen molar-refractivity contribution in [2.75, 3.05) is 0 Å². The van der Waals surface area contributed by atoms with Gasteiger partial charge in [0.05, 0.1) is 6.61 Å². The van der Waals surface area contributed by atoms with E-state index in [9.17, 15) is 5.11 Å². The molecule has 2 aromatic carbocycles. The van der Waals surface area contributed by atoms with Crippen LogP contribution in [-0.2, 0) is 6.61 Å². The highest BCUT2D eigenvalue weighted by atomic mass is 16.3. The number of aromatic nitrogens is 2. The fourth-order valence-corrected chi connectivity index (χ4v) is 2.55. The van der Waals surface area contributed by atoms with Gasteiger partial charge in [-0.05, 0) is 23.3 Å². The highest BCUT2D eigenvalue weighted by Crippen LogP contribution is 2.25. The first-order valence-corrected chi connectivity index (χ1v) is 7.08. The second kappa shape index (κ2) is 5.94. The Bertz CT molecular complexity index is 719. The van der Waals surface area contributed by atoms with E-state index in [4.69, 9.17) is 0 Å². The molecule has 0 aliphatic rings. The van der Waals surface area contributed by atoms with Crippen LogP contribution in [0.3, 0.4) is 0 Å². The van der Waals surface area contributed by atoms with E-state index in [0.29, 0.717) is 0 Å². The average Bonchev–Trinajstić information content (AvgIpc) is 3.04. The van der Waals surface area contributed by atoms with Crippen molar-refractivity contribution in [3.8, 4) is 5.69 Å². The molecule has 1 heterocycles. The highest BCUT2D eigenvalue weighted by Gasteiger charge is 2.15. The van der Waals surface area contributed by atoms with Crippen LogP contribution in [-0.4, -0.2) is 14.7 Å².